The molecule has 3 aromatic carbocycles. The molecule has 26 heavy (non-hydrogen) atoms. The molecular weight excluding hydrogens is 332 g/mol. The van der Waals surface area contributed by atoms with Gasteiger partial charge in [0.25, 0.3) is 0 Å². The molecule has 0 aliphatic carbocycles. The van der Waals surface area contributed by atoms with Crippen molar-refractivity contribution >= 4 is 22.7 Å². The molecule has 1 aromatic heterocycles. The van der Waals surface area contributed by atoms with E-state index in [1.54, 1.807) is 48.5 Å². The summed E-state index contributed by atoms with van der Waals surface area (Å²) >= 11 is 0. The lowest BCUT2D eigenvalue weighted by atomic mass is 10.2. The molecule has 0 aliphatic rings. The zero-order valence-electron chi connectivity index (χ0n) is 13.5. The van der Waals surface area contributed by atoms with Gasteiger partial charge in [-0.2, -0.15) is 4.80 Å². The second kappa shape index (κ2) is 6.21. The third-order valence-corrected chi connectivity index (χ3v) is 3.79. The zero-order chi connectivity index (χ0) is 18.1. The van der Waals surface area contributed by atoms with Crippen LogP contribution < -0.4 is 10.5 Å². The third kappa shape index (κ3) is 2.93. The van der Waals surface area contributed by atoms with Gasteiger partial charge in [0, 0.05) is 5.69 Å². The highest BCUT2D eigenvalue weighted by Crippen LogP contribution is 2.23. The van der Waals surface area contributed by atoms with Crippen molar-refractivity contribution < 1.29 is 14.6 Å². The van der Waals surface area contributed by atoms with E-state index >= 15 is 0 Å². The first-order valence-corrected chi connectivity index (χ1v) is 7.83. The summed E-state index contributed by atoms with van der Waals surface area (Å²) in [6.45, 7) is 0. The third-order valence-electron chi connectivity index (χ3n) is 3.79. The molecule has 0 bridgehead atoms. The number of hydrogen-bond acceptors (Lipinski definition) is 6. The van der Waals surface area contributed by atoms with Crippen molar-refractivity contribution in [2.75, 3.05) is 5.73 Å². The molecule has 4 rings (SSSR count). The van der Waals surface area contributed by atoms with Crippen LogP contribution in [-0.2, 0) is 0 Å². The lowest BCUT2D eigenvalue weighted by molar-refractivity contribution is 0.0731. The first-order chi connectivity index (χ1) is 12.6. The molecule has 7 heteroatoms. The smallest absolute Gasteiger partial charge is 0.347 e. The number of fused-ring (bicyclic) bond motifs is 1. The van der Waals surface area contributed by atoms with Gasteiger partial charge in [-0.3, -0.25) is 0 Å². The Morgan fingerprint density at radius 1 is 0.962 bits per heavy atom. The Kier molecular flexibility index (Phi) is 3.74. The van der Waals surface area contributed by atoms with Gasteiger partial charge in [-0.15, -0.1) is 10.2 Å². The van der Waals surface area contributed by atoms with Gasteiger partial charge < -0.3 is 15.6 Å². The molecule has 0 fully saturated rings. The molecule has 3 N–H and O–H groups in total. The summed E-state index contributed by atoms with van der Waals surface area (Å²) in [7, 11) is 0. The fourth-order valence-corrected chi connectivity index (χ4v) is 2.51. The van der Waals surface area contributed by atoms with E-state index in [0.29, 0.717) is 28.2 Å². The van der Waals surface area contributed by atoms with Crippen LogP contribution in [0.25, 0.3) is 16.7 Å². The predicted molar refractivity (Wildman–Crippen MR) is 96.3 cm³/mol. The number of nitrogens with two attached hydrogens (primary N) is 1. The van der Waals surface area contributed by atoms with Crippen molar-refractivity contribution in [1.29, 1.82) is 0 Å². The average molecular weight is 346 g/mol. The van der Waals surface area contributed by atoms with E-state index in [-0.39, 0.29) is 11.3 Å². The van der Waals surface area contributed by atoms with Gasteiger partial charge in [-0.25, -0.2) is 4.79 Å². The summed E-state index contributed by atoms with van der Waals surface area (Å²) in [4.78, 5) is 13.8. The molecule has 4 aromatic rings. The van der Waals surface area contributed by atoms with Gasteiger partial charge in [-0.05, 0) is 48.5 Å². The molecule has 128 valence electrons. The SMILES string of the molecule is Nc1ccc2nn(-c3ccc(O)c(C(=O)Oc4ccccc4)c3)nc2c1. The Balaban J connectivity index is 1.70. The number of esters is 1. The number of phenols is 1. The second-order valence-corrected chi connectivity index (χ2v) is 5.64. The lowest BCUT2D eigenvalue weighted by Gasteiger charge is -2.07. The summed E-state index contributed by atoms with van der Waals surface area (Å²) in [6.07, 6.45) is 0. The summed E-state index contributed by atoms with van der Waals surface area (Å²) in [5, 5.41) is 18.7. The molecule has 0 unspecified atom stereocenters. The minimum absolute atomic E-state index is 0.0206. The molecule has 0 radical (unpaired) electrons. The van der Waals surface area contributed by atoms with E-state index in [9.17, 15) is 9.90 Å². The number of carbonyl (C=O) groups excluding carboxylic acids is 1. The summed E-state index contributed by atoms with van der Waals surface area (Å²) in [6, 6.07) is 18.3. The van der Waals surface area contributed by atoms with Crippen LogP contribution in [0.2, 0.25) is 0 Å². The molecule has 7 nitrogen and oxygen atoms in total. The van der Waals surface area contributed by atoms with Crippen molar-refractivity contribution in [3.05, 3.63) is 72.3 Å². The van der Waals surface area contributed by atoms with Crippen LogP contribution in [0.1, 0.15) is 10.4 Å². The minimum Gasteiger partial charge on any atom is -0.507 e. The Morgan fingerprint density at radius 2 is 1.73 bits per heavy atom. The van der Waals surface area contributed by atoms with E-state index in [4.69, 9.17) is 10.5 Å². The summed E-state index contributed by atoms with van der Waals surface area (Å²) in [5.74, 6) is -0.465. The van der Waals surface area contributed by atoms with Crippen LogP contribution in [0.5, 0.6) is 11.5 Å². The van der Waals surface area contributed by atoms with E-state index in [0.717, 1.165) is 0 Å². The molecule has 0 aliphatic heterocycles. The average Bonchev–Trinajstić information content (AvgIpc) is 3.06. The normalized spacial score (nSPS) is 10.8. The Bertz CT molecular complexity index is 1110. The van der Waals surface area contributed by atoms with Crippen LogP contribution in [0.15, 0.2) is 66.7 Å². The number of para-hydroxylation sites is 1. The number of ether oxygens (including phenoxy) is 1. The number of nitrogen functional groups attached to an aromatic ring is 1. The Labute approximate surface area is 148 Å². The van der Waals surface area contributed by atoms with Crippen LogP contribution in [0.3, 0.4) is 0 Å². The Morgan fingerprint density at radius 3 is 2.54 bits per heavy atom. The monoisotopic (exact) mass is 346 g/mol. The van der Waals surface area contributed by atoms with E-state index in [2.05, 4.69) is 10.2 Å². The van der Waals surface area contributed by atoms with Crippen molar-refractivity contribution in [3.63, 3.8) is 0 Å². The van der Waals surface area contributed by atoms with Gasteiger partial charge in [0.05, 0.1) is 5.69 Å². The van der Waals surface area contributed by atoms with E-state index in [1.165, 1.54) is 16.9 Å². The molecular formula is C19H14N4O3. The largest absolute Gasteiger partial charge is 0.507 e. The van der Waals surface area contributed by atoms with Gasteiger partial charge in [0.2, 0.25) is 0 Å². The molecule has 1 heterocycles. The quantitative estimate of drug-likeness (QED) is 0.336. The maximum Gasteiger partial charge on any atom is 0.347 e. The number of phenolic OH excluding ortho intramolecular Hbond substituents is 1. The van der Waals surface area contributed by atoms with Crippen molar-refractivity contribution in [2.45, 2.75) is 0 Å². The zero-order valence-corrected chi connectivity index (χ0v) is 13.5. The fraction of sp³-hybridized carbons (Fsp3) is 0. The fourth-order valence-electron chi connectivity index (χ4n) is 2.51. The van der Waals surface area contributed by atoms with Gasteiger partial charge in [-0.1, -0.05) is 18.2 Å². The first kappa shape index (κ1) is 15.6. The van der Waals surface area contributed by atoms with Crippen molar-refractivity contribution in [2.24, 2.45) is 0 Å². The molecule has 0 spiro atoms. The maximum absolute atomic E-state index is 12.4. The maximum atomic E-state index is 12.4. The van der Waals surface area contributed by atoms with Crippen molar-refractivity contribution in [1.82, 2.24) is 15.0 Å². The van der Waals surface area contributed by atoms with Crippen LogP contribution in [0.4, 0.5) is 5.69 Å². The van der Waals surface area contributed by atoms with Crippen LogP contribution in [-0.4, -0.2) is 26.1 Å². The highest BCUT2D eigenvalue weighted by molar-refractivity contribution is 5.94. The molecule has 0 saturated heterocycles. The number of aromatic nitrogens is 3. The topological polar surface area (TPSA) is 103 Å². The molecule has 0 amide bonds. The van der Waals surface area contributed by atoms with Crippen molar-refractivity contribution in [3.8, 4) is 17.2 Å². The predicted octanol–water partition coefficient (Wildman–Crippen LogP) is 2.93. The van der Waals surface area contributed by atoms with Crippen LogP contribution >= 0.6 is 0 Å². The summed E-state index contributed by atoms with van der Waals surface area (Å²) < 4.78 is 5.28. The molecule has 0 saturated carbocycles. The lowest BCUT2D eigenvalue weighted by Crippen LogP contribution is -2.10. The highest BCUT2D eigenvalue weighted by Gasteiger charge is 2.16. The van der Waals surface area contributed by atoms with E-state index < -0.39 is 5.97 Å². The number of rotatable bonds is 3. The van der Waals surface area contributed by atoms with Gasteiger partial charge in [0.15, 0.2) is 0 Å². The second-order valence-electron chi connectivity index (χ2n) is 5.64. The number of carbonyl (C=O) groups is 1. The highest BCUT2D eigenvalue weighted by atomic mass is 16.5. The number of anilines is 1. The molecule has 0 atom stereocenters. The van der Waals surface area contributed by atoms with Gasteiger partial charge in [0.1, 0.15) is 28.1 Å². The number of hydrogen-bond donors (Lipinski definition) is 2. The number of nitrogens with zero attached hydrogens (tertiary/aromatic N) is 3. The standard InChI is InChI=1S/C19H14N4O3/c20-12-6-8-16-17(10-12)22-23(21-16)13-7-9-18(24)15(11-13)19(25)26-14-4-2-1-3-5-14/h1-11,24H,20H2. The minimum atomic E-state index is -0.670. The van der Waals surface area contributed by atoms with E-state index in [1.807, 2.05) is 6.07 Å². The number of aromatic hydroxyl groups is 1. The van der Waals surface area contributed by atoms with Crippen LogP contribution in [0, 0.1) is 0 Å². The Hall–Kier alpha value is -3.87. The number of benzene rings is 3. The summed E-state index contributed by atoms with van der Waals surface area (Å²) in [5.41, 5.74) is 8.17. The van der Waals surface area contributed by atoms with Gasteiger partial charge >= 0.3 is 5.97 Å². The first-order valence-electron chi connectivity index (χ1n) is 7.83.